The first-order valence-electron chi connectivity index (χ1n) is 8.69. The third-order valence-corrected chi connectivity index (χ3v) is 3.84. The second kappa shape index (κ2) is 12.7. The molecule has 0 bridgehead atoms. The van der Waals surface area contributed by atoms with Gasteiger partial charge in [0.2, 0.25) is 5.91 Å². The van der Waals surface area contributed by atoms with E-state index in [1.165, 1.54) is 4.90 Å². The van der Waals surface area contributed by atoms with E-state index >= 15 is 0 Å². The van der Waals surface area contributed by atoms with E-state index in [0.29, 0.717) is 25.0 Å². The molecule has 8 heteroatoms. The Balaban J connectivity index is 0.00000625. The number of rotatable bonds is 9. The van der Waals surface area contributed by atoms with Gasteiger partial charge in [-0.2, -0.15) is 0 Å². The molecule has 0 radical (unpaired) electrons. The second-order valence-electron chi connectivity index (χ2n) is 6.35. The fourth-order valence-corrected chi connectivity index (χ4v) is 2.18. The van der Waals surface area contributed by atoms with Crippen LogP contribution in [0.1, 0.15) is 51.0 Å². The van der Waals surface area contributed by atoms with Crippen molar-refractivity contribution in [2.45, 2.75) is 46.1 Å². The van der Waals surface area contributed by atoms with Crippen LogP contribution in [-0.2, 0) is 11.3 Å². The Labute approximate surface area is 173 Å². The predicted octanol–water partition coefficient (Wildman–Crippen LogP) is 2.90. The predicted molar refractivity (Wildman–Crippen MR) is 116 cm³/mol. The molecule has 0 aromatic carbocycles. The van der Waals surface area contributed by atoms with Gasteiger partial charge in [0.05, 0.1) is 12.2 Å². The summed E-state index contributed by atoms with van der Waals surface area (Å²) >= 11 is 0. The minimum Gasteiger partial charge on any atom is -0.359 e. The van der Waals surface area contributed by atoms with Crippen molar-refractivity contribution < 1.29 is 9.32 Å². The van der Waals surface area contributed by atoms with Gasteiger partial charge in [-0.3, -0.25) is 4.79 Å². The summed E-state index contributed by atoms with van der Waals surface area (Å²) < 4.78 is 5.40. The van der Waals surface area contributed by atoms with Crippen LogP contribution in [0.2, 0.25) is 0 Å². The number of hydrogen-bond acceptors (Lipinski definition) is 4. The molecule has 0 saturated carbocycles. The first-order valence-corrected chi connectivity index (χ1v) is 8.69. The minimum absolute atomic E-state index is 0. The standard InChI is InChI=1S/C18H31N5O2.HI/c1-7-14(8-2)16-9-15(25-22-16)11-20-18(19-10-13(3)4)21-12-17(24)23(5)6;/h9,14H,3,7-8,10-12H2,1-2,4-6H3,(H2,19,20,21);1H. The third kappa shape index (κ3) is 8.68. The summed E-state index contributed by atoms with van der Waals surface area (Å²) in [5, 5.41) is 10.5. The summed E-state index contributed by atoms with van der Waals surface area (Å²) in [7, 11) is 3.42. The van der Waals surface area contributed by atoms with E-state index in [-0.39, 0.29) is 36.4 Å². The number of carbonyl (C=O) groups excluding carboxylic acids is 1. The van der Waals surface area contributed by atoms with Crippen LogP contribution in [0.3, 0.4) is 0 Å². The van der Waals surface area contributed by atoms with Crippen molar-refractivity contribution in [2.75, 3.05) is 27.2 Å². The molecular formula is C18H32IN5O2. The zero-order valence-electron chi connectivity index (χ0n) is 16.5. The maximum absolute atomic E-state index is 11.7. The van der Waals surface area contributed by atoms with Gasteiger partial charge in [-0.1, -0.05) is 31.2 Å². The quantitative estimate of drug-likeness (QED) is 0.248. The van der Waals surface area contributed by atoms with E-state index in [9.17, 15) is 4.79 Å². The summed E-state index contributed by atoms with van der Waals surface area (Å²) in [4.78, 5) is 17.5. The van der Waals surface area contributed by atoms with Gasteiger partial charge in [0.25, 0.3) is 0 Å². The van der Waals surface area contributed by atoms with E-state index < -0.39 is 0 Å². The van der Waals surface area contributed by atoms with Gasteiger partial charge in [-0.15, -0.1) is 24.0 Å². The molecule has 0 unspecified atom stereocenters. The van der Waals surface area contributed by atoms with Gasteiger partial charge in [0, 0.05) is 32.6 Å². The molecule has 148 valence electrons. The van der Waals surface area contributed by atoms with Crippen molar-refractivity contribution in [1.29, 1.82) is 0 Å². The highest BCUT2D eigenvalue weighted by atomic mass is 127. The van der Waals surface area contributed by atoms with Crippen molar-refractivity contribution >= 4 is 35.8 Å². The Morgan fingerprint density at radius 1 is 1.35 bits per heavy atom. The Bertz CT molecular complexity index is 594. The number of guanidine groups is 1. The molecule has 0 aliphatic heterocycles. The molecule has 1 rings (SSSR count). The van der Waals surface area contributed by atoms with Crippen LogP contribution < -0.4 is 10.6 Å². The maximum Gasteiger partial charge on any atom is 0.243 e. The lowest BCUT2D eigenvalue weighted by Gasteiger charge is -2.13. The van der Waals surface area contributed by atoms with E-state index in [2.05, 4.69) is 41.2 Å². The monoisotopic (exact) mass is 477 g/mol. The van der Waals surface area contributed by atoms with Gasteiger partial charge in [0.1, 0.15) is 6.54 Å². The van der Waals surface area contributed by atoms with Crippen molar-refractivity contribution in [1.82, 2.24) is 20.7 Å². The van der Waals surface area contributed by atoms with E-state index in [0.717, 1.165) is 29.9 Å². The summed E-state index contributed by atoms with van der Waals surface area (Å²) in [6, 6.07) is 1.98. The number of likely N-dealkylation sites (N-methyl/N-ethyl adjacent to an activating group) is 1. The van der Waals surface area contributed by atoms with Crippen molar-refractivity contribution in [3.8, 4) is 0 Å². The molecule has 7 nitrogen and oxygen atoms in total. The lowest BCUT2D eigenvalue weighted by atomic mass is 9.99. The topological polar surface area (TPSA) is 82.8 Å². The SMILES string of the molecule is C=C(C)CNC(=NCC(=O)N(C)C)NCc1cc(C(CC)CC)no1.I. The fraction of sp³-hybridized carbons (Fsp3) is 0.611. The third-order valence-electron chi connectivity index (χ3n) is 3.84. The number of aromatic nitrogens is 1. The second-order valence-corrected chi connectivity index (χ2v) is 6.35. The molecule has 2 N–H and O–H groups in total. The largest absolute Gasteiger partial charge is 0.359 e. The number of halogens is 1. The lowest BCUT2D eigenvalue weighted by Crippen LogP contribution is -2.38. The molecule has 0 atom stereocenters. The highest BCUT2D eigenvalue weighted by Crippen LogP contribution is 2.22. The van der Waals surface area contributed by atoms with Gasteiger partial charge in [0.15, 0.2) is 11.7 Å². The average Bonchev–Trinajstić information content (AvgIpc) is 3.03. The normalized spacial score (nSPS) is 11.1. The number of carbonyl (C=O) groups is 1. The van der Waals surface area contributed by atoms with Crippen molar-refractivity contribution in [2.24, 2.45) is 4.99 Å². The van der Waals surface area contributed by atoms with E-state index in [1.54, 1.807) is 14.1 Å². The van der Waals surface area contributed by atoms with Gasteiger partial charge >= 0.3 is 0 Å². The number of amides is 1. The zero-order chi connectivity index (χ0) is 18.8. The minimum atomic E-state index is -0.0629. The zero-order valence-corrected chi connectivity index (χ0v) is 18.8. The van der Waals surface area contributed by atoms with Crippen LogP contribution in [0.4, 0.5) is 0 Å². The van der Waals surface area contributed by atoms with Crippen LogP contribution >= 0.6 is 24.0 Å². The van der Waals surface area contributed by atoms with Crippen LogP contribution in [0.15, 0.2) is 27.7 Å². The summed E-state index contributed by atoms with van der Waals surface area (Å²) in [5.74, 6) is 1.64. The smallest absolute Gasteiger partial charge is 0.243 e. The lowest BCUT2D eigenvalue weighted by molar-refractivity contribution is -0.127. The summed E-state index contributed by atoms with van der Waals surface area (Å²) in [6.45, 7) is 11.2. The molecule has 1 aromatic heterocycles. The average molecular weight is 477 g/mol. The van der Waals surface area contributed by atoms with Crippen molar-refractivity contribution in [3.05, 3.63) is 29.7 Å². The van der Waals surface area contributed by atoms with Crippen LogP contribution in [0, 0.1) is 0 Å². The van der Waals surface area contributed by atoms with E-state index in [1.807, 2.05) is 13.0 Å². The Morgan fingerprint density at radius 2 is 2.00 bits per heavy atom. The van der Waals surface area contributed by atoms with Crippen LogP contribution in [0.25, 0.3) is 0 Å². The van der Waals surface area contributed by atoms with E-state index in [4.69, 9.17) is 4.52 Å². The number of hydrogen-bond donors (Lipinski definition) is 2. The van der Waals surface area contributed by atoms with Gasteiger partial charge in [-0.25, -0.2) is 4.99 Å². The molecule has 26 heavy (non-hydrogen) atoms. The molecule has 0 aliphatic rings. The Hall–Kier alpha value is -1.58. The molecule has 0 fully saturated rings. The number of aliphatic imine (C=N–C) groups is 1. The van der Waals surface area contributed by atoms with Gasteiger partial charge < -0.3 is 20.1 Å². The highest BCUT2D eigenvalue weighted by Gasteiger charge is 2.13. The summed E-state index contributed by atoms with van der Waals surface area (Å²) in [6.07, 6.45) is 2.07. The molecule has 0 spiro atoms. The molecule has 0 saturated heterocycles. The number of nitrogens with one attached hydrogen (secondary N) is 2. The van der Waals surface area contributed by atoms with Crippen molar-refractivity contribution in [3.63, 3.8) is 0 Å². The first kappa shape index (κ1) is 24.4. The number of nitrogens with zero attached hydrogens (tertiary/aromatic N) is 3. The molecule has 1 amide bonds. The van der Waals surface area contributed by atoms with Gasteiger partial charge in [-0.05, 0) is 19.8 Å². The molecular weight excluding hydrogens is 445 g/mol. The van der Waals surface area contributed by atoms with Crippen LogP contribution in [-0.4, -0.2) is 49.1 Å². The molecule has 1 heterocycles. The highest BCUT2D eigenvalue weighted by molar-refractivity contribution is 14.0. The Kier molecular flexibility index (Phi) is 11.9. The summed E-state index contributed by atoms with van der Waals surface area (Å²) in [5.41, 5.74) is 1.96. The maximum atomic E-state index is 11.7. The molecule has 0 aliphatic carbocycles. The Morgan fingerprint density at radius 3 is 2.54 bits per heavy atom. The van der Waals surface area contributed by atoms with Crippen LogP contribution in [0.5, 0.6) is 0 Å². The first-order chi connectivity index (χ1) is 11.9. The molecule has 1 aromatic rings. The fourth-order valence-electron chi connectivity index (χ4n) is 2.18.